The maximum absolute atomic E-state index is 13.6. The van der Waals surface area contributed by atoms with E-state index in [1.54, 1.807) is 0 Å². The molecule has 2 aromatic carbocycles. The lowest BCUT2D eigenvalue weighted by molar-refractivity contribution is -0.348. The smallest absolute Gasteiger partial charge is 0.239 e. The van der Waals surface area contributed by atoms with Crippen LogP contribution in [0.15, 0.2) is 51.7 Å². The van der Waals surface area contributed by atoms with Crippen LogP contribution in [0.2, 0.25) is 0 Å². The van der Waals surface area contributed by atoms with E-state index in [4.69, 9.17) is 23.4 Å². The molecule has 1 aromatic heterocycles. The van der Waals surface area contributed by atoms with Crippen LogP contribution in [0, 0.1) is 0 Å². The molecule has 3 aromatic rings. The zero-order chi connectivity index (χ0) is 28.7. The van der Waals surface area contributed by atoms with Gasteiger partial charge in [-0.3, -0.25) is 4.79 Å². The molecule has 0 amide bonds. The maximum Gasteiger partial charge on any atom is 0.239 e. The minimum absolute atomic E-state index is 0.0227. The first-order chi connectivity index (χ1) is 19.1. The minimum atomic E-state index is -1.85. The van der Waals surface area contributed by atoms with E-state index in [9.17, 15) is 45.6 Å². The van der Waals surface area contributed by atoms with Crippen LogP contribution < -0.4 is 10.2 Å². The molecule has 9 atom stereocenters. The van der Waals surface area contributed by atoms with Crippen LogP contribution in [-0.2, 0) is 14.2 Å². The number of aliphatic hydroxyl groups is 6. The van der Waals surface area contributed by atoms with Gasteiger partial charge in [0.1, 0.15) is 59.1 Å². The van der Waals surface area contributed by atoms with Crippen LogP contribution in [-0.4, -0.2) is 109 Å². The minimum Gasteiger partial charge on any atom is -0.508 e. The molecule has 2 saturated heterocycles. The molecule has 8 N–H and O–H groups in total. The molecule has 14 heteroatoms. The summed E-state index contributed by atoms with van der Waals surface area (Å²) >= 11 is 0. The van der Waals surface area contributed by atoms with Gasteiger partial charge in [0.25, 0.3) is 0 Å². The number of fused-ring (bicyclic) bond motifs is 1. The largest absolute Gasteiger partial charge is 0.508 e. The number of ether oxygens (including phenoxy) is 4. The number of aliphatic hydroxyl groups excluding tert-OH is 6. The second-order valence-corrected chi connectivity index (χ2v) is 9.46. The van der Waals surface area contributed by atoms with Crippen molar-refractivity contribution < 1.29 is 64.2 Å². The number of phenols is 2. The fraction of sp³-hybridized carbons (Fsp3) is 0.423. The van der Waals surface area contributed by atoms with Crippen molar-refractivity contribution in [2.75, 3.05) is 13.2 Å². The monoisotopic (exact) mass is 564 g/mol. The van der Waals surface area contributed by atoms with Crippen LogP contribution >= 0.6 is 0 Å². The number of rotatable bonds is 6. The second-order valence-electron chi connectivity index (χ2n) is 9.46. The Labute approximate surface area is 225 Å². The summed E-state index contributed by atoms with van der Waals surface area (Å²) in [5, 5.41) is 80.9. The number of hydrogen-bond donors (Lipinski definition) is 8. The summed E-state index contributed by atoms with van der Waals surface area (Å²) in [4.78, 5) is 13.6. The lowest BCUT2D eigenvalue weighted by atomic mass is 9.99. The molecule has 0 aliphatic carbocycles. The molecule has 0 unspecified atom stereocenters. The van der Waals surface area contributed by atoms with Crippen LogP contribution in [0.1, 0.15) is 0 Å². The molecule has 40 heavy (non-hydrogen) atoms. The number of phenolic OH excluding ortho intramolecular Hbond substituents is 2. The molecule has 2 aliphatic heterocycles. The Bertz CT molecular complexity index is 1390. The third-order valence-electron chi connectivity index (χ3n) is 6.79. The van der Waals surface area contributed by atoms with E-state index in [-0.39, 0.29) is 28.0 Å². The summed E-state index contributed by atoms with van der Waals surface area (Å²) < 4.78 is 28.3. The average Bonchev–Trinajstić information content (AvgIpc) is 2.94. The first-order valence-corrected chi connectivity index (χ1v) is 12.3. The summed E-state index contributed by atoms with van der Waals surface area (Å²) in [5.41, 5.74) is -0.509. The summed E-state index contributed by atoms with van der Waals surface area (Å²) in [6, 6.07) is 9.75. The van der Waals surface area contributed by atoms with Crippen molar-refractivity contribution in [2.45, 2.75) is 55.3 Å². The van der Waals surface area contributed by atoms with Gasteiger partial charge < -0.3 is 64.2 Å². The van der Waals surface area contributed by atoms with E-state index in [1.165, 1.54) is 42.5 Å². The van der Waals surface area contributed by atoms with Crippen molar-refractivity contribution in [3.63, 3.8) is 0 Å². The van der Waals surface area contributed by atoms with Crippen molar-refractivity contribution >= 4 is 11.0 Å². The van der Waals surface area contributed by atoms with E-state index in [2.05, 4.69) is 0 Å². The Morgan fingerprint density at radius 2 is 1.60 bits per heavy atom. The molecule has 0 radical (unpaired) electrons. The van der Waals surface area contributed by atoms with Gasteiger partial charge in [-0.2, -0.15) is 0 Å². The molecular formula is C26H28O14. The highest BCUT2D eigenvalue weighted by molar-refractivity contribution is 5.87. The molecule has 216 valence electrons. The summed E-state index contributed by atoms with van der Waals surface area (Å²) in [6.45, 7) is -1.20. The second kappa shape index (κ2) is 11.3. The molecule has 2 aliphatic rings. The fourth-order valence-corrected chi connectivity index (χ4v) is 4.58. The summed E-state index contributed by atoms with van der Waals surface area (Å²) in [6.07, 6.45) is -14.9. The summed E-state index contributed by atoms with van der Waals surface area (Å²) in [5.74, 6) is -1.07. The van der Waals surface area contributed by atoms with Crippen LogP contribution in [0.25, 0.3) is 22.3 Å². The first kappa shape index (κ1) is 28.2. The Kier molecular flexibility index (Phi) is 7.96. The highest BCUT2D eigenvalue weighted by atomic mass is 16.8. The topological polar surface area (TPSA) is 229 Å². The van der Waals surface area contributed by atoms with Gasteiger partial charge in [0.2, 0.25) is 17.5 Å². The van der Waals surface area contributed by atoms with Crippen LogP contribution in [0.5, 0.6) is 17.2 Å². The van der Waals surface area contributed by atoms with Crippen molar-refractivity contribution in [1.29, 1.82) is 0 Å². The van der Waals surface area contributed by atoms with Gasteiger partial charge in [-0.25, -0.2) is 0 Å². The Balaban J connectivity index is 1.54. The van der Waals surface area contributed by atoms with Crippen molar-refractivity contribution in [2.24, 2.45) is 0 Å². The predicted octanol–water partition coefficient (Wildman–Crippen LogP) is -1.49. The Morgan fingerprint density at radius 1 is 0.875 bits per heavy atom. The standard InChI is InChI=1S/C26H28O14/c27-8-15-18(32)20(34)21(35)25(38-15)40-24-17(31)13(30)9-36-26(24)39-23-19(33)16-12(29)2-1-3-14(16)37-22(23)10-4-6-11(28)7-5-10/h1-7,13,15,17-18,20-21,24-32,34-35H,8-9H2/t13-,15+,17-,18+,20-,21+,24+,25-,26-/m0/s1. The van der Waals surface area contributed by atoms with Gasteiger partial charge in [0.15, 0.2) is 18.2 Å². The van der Waals surface area contributed by atoms with Crippen LogP contribution in [0.4, 0.5) is 0 Å². The Hall–Kier alpha value is -3.31. The highest BCUT2D eigenvalue weighted by Gasteiger charge is 2.49. The molecular weight excluding hydrogens is 536 g/mol. The zero-order valence-corrected chi connectivity index (χ0v) is 20.7. The van der Waals surface area contributed by atoms with E-state index >= 15 is 0 Å². The van der Waals surface area contributed by atoms with Gasteiger partial charge in [-0.15, -0.1) is 0 Å². The van der Waals surface area contributed by atoms with Crippen molar-refractivity contribution in [3.8, 4) is 28.6 Å². The number of benzene rings is 2. The van der Waals surface area contributed by atoms with E-state index in [1.807, 2.05) is 0 Å². The van der Waals surface area contributed by atoms with Gasteiger partial charge in [-0.1, -0.05) is 6.07 Å². The maximum atomic E-state index is 13.6. The number of aromatic hydroxyl groups is 2. The lowest BCUT2D eigenvalue weighted by Crippen LogP contribution is -2.63. The SMILES string of the molecule is O=c1c(O[C@@H]2OC[C@H](O)[C@H](O)[C@H]2O[C@@H]2O[C@H](CO)[C@@H](O)[C@H](O)[C@H]2O)c(-c2ccc(O)cc2)oc2cccc(O)c12. The zero-order valence-electron chi connectivity index (χ0n) is 20.7. The van der Waals surface area contributed by atoms with E-state index in [0.717, 1.165) is 0 Å². The predicted molar refractivity (Wildman–Crippen MR) is 132 cm³/mol. The van der Waals surface area contributed by atoms with Crippen LogP contribution in [0.3, 0.4) is 0 Å². The molecule has 0 spiro atoms. The van der Waals surface area contributed by atoms with Crippen molar-refractivity contribution in [3.05, 3.63) is 52.7 Å². The average molecular weight is 564 g/mol. The molecule has 3 heterocycles. The van der Waals surface area contributed by atoms with Gasteiger partial charge >= 0.3 is 0 Å². The van der Waals surface area contributed by atoms with Gasteiger partial charge in [0.05, 0.1) is 13.2 Å². The third-order valence-corrected chi connectivity index (χ3v) is 6.79. The number of hydrogen-bond acceptors (Lipinski definition) is 14. The normalized spacial score (nSPS) is 32.7. The molecule has 0 saturated carbocycles. The van der Waals surface area contributed by atoms with Gasteiger partial charge in [0, 0.05) is 5.56 Å². The third kappa shape index (κ3) is 5.12. The molecule has 2 fully saturated rings. The highest BCUT2D eigenvalue weighted by Crippen LogP contribution is 2.36. The first-order valence-electron chi connectivity index (χ1n) is 12.3. The van der Waals surface area contributed by atoms with Gasteiger partial charge in [-0.05, 0) is 36.4 Å². The summed E-state index contributed by atoms with van der Waals surface area (Å²) in [7, 11) is 0. The Morgan fingerprint density at radius 3 is 2.30 bits per heavy atom. The molecule has 14 nitrogen and oxygen atoms in total. The quantitative estimate of drug-likeness (QED) is 0.171. The fourth-order valence-electron chi connectivity index (χ4n) is 4.58. The lowest BCUT2D eigenvalue weighted by Gasteiger charge is -2.44. The molecule has 5 rings (SSSR count). The van der Waals surface area contributed by atoms with Crippen molar-refractivity contribution in [1.82, 2.24) is 0 Å². The van der Waals surface area contributed by atoms with E-state index in [0.29, 0.717) is 0 Å². The molecule has 0 bridgehead atoms. The van der Waals surface area contributed by atoms with E-state index < -0.39 is 85.4 Å².